The number of halogens is 1. The quantitative estimate of drug-likeness (QED) is 0.510. The standard InChI is InChI=1S/C21H15ClN4O/c22-17-7-1-2-8-18(17)25-16-11-15(12-23-13-16)21(27)26-19-9-3-5-14-6-4-10-24-20(14)19/h1-13,25H,(H,26,27). The van der Waals surface area contributed by atoms with Crippen LogP contribution in [-0.4, -0.2) is 15.9 Å². The summed E-state index contributed by atoms with van der Waals surface area (Å²) in [5.41, 5.74) is 3.25. The van der Waals surface area contributed by atoms with E-state index >= 15 is 0 Å². The number of carbonyl (C=O) groups is 1. The Bertz CT molecular complexity index is 1120. The summed E-state index contributed by atoms with van der Waals surface area (Å²) in [4.78, 5) is 21.2. The summed E-state index contributed by atoms with van der Waals surface area (Å²) in [5, 5.41) is 7.64. The fourth-order valence-electron chi connectivity index (χ4n) is 2.75. The lowest BCUT2D eigenvalue weighted by molar-refractivity contribution is 0.102. The molecule has 5 nitrogen and oxygen atoms in total. The Hall–Kier alpha value is -3.44. The van der Waals surface area contributed by atoms with Crippen LogP contribution < -0.4 is 10.6 Å². The summed E-state index contributed by atoms with van der Waals surface area (Å²) >= 11 is 6.17. The smallest absolute Gasteiger partial charge is 0.257 e. The number of hydrogen-bond donors (Lipinski definition) is 2. The number of pyridine rings is 2. The Labute approximate surface area is 161 Å². The van der Waals surface area contributed by atoms with Gasteiger partial charge in [0.1, 0.15) is 0 Å². The van der Waals surface area contributed by atoms with Crippen LogP contribution in [0.15, 0.2) is 79.3 Å². The molecule has 2 N–H and O–H groups in total. The molecule has 0 saturated carbocycles. The zero-order chi connectivity index (χ0) is 18.6. The van der Waals surface area contributed by atoms with E-state index in [1.165, 1.54) is 6.20 Å². The molecule has 2 aromatic heterocycles. The van der Waals surface area contributed by atoms with Crippen LogP contribution in [0.2, 0.25) is 5.02 Å². The summed E-state index contributed by atoms with van der Waals surface area (Å²) in [6.07, 6.45) is 4.86. The molecule has 0 spiro atoms. The summed E-state index contributed by atoms with van der Waals surface area (Å²) in [5.74, 6) is -0.261. The number of rotatable bonds is 4. The van der Waals surface area contributed by atoms with Gasteiger partial charge in [-0.25, -0.2) is 0 Å². The lowest BCUT2D eigenvalue weighted by Gasteiger charge is -2.10. The van der Waals surface area contributed by atoms with Crippen molar-refractivity contribution in [2.75, 3.05) is 10.6 Å². The minimum atomic E-state index is -0.261. The molecule has 0 aliphatic rings. The van der Waals surface area contributed by atoms with E-state index in [-0.39, 0.29) is 5.91 Å². The van der Waals surface area contributed by atoms with Gasteiger partial charge >= 0.3 is 0 Å². The van der Waals surface area contributed by atoms with Crippen LogP contribution in [0.4, 0.5) is 17.1 Å². The third kappa shape index (κ3) is 3.73. The normalized spacial score (nSPS) is 10.6. The van der Waals surface area contributed by atoms with E-state index in [4.69, 9.17) is 11.6 Å². The Morgan fingerprint density at radius 3 is 2.63 bits per heavy atom. The van der Waals surface area contributed by atoms with Gasteiger partial charge in [-0.1, -0.05) is 41.9 Å². The molecule has 4 rings (SSSR count). The zero-order valence-electron chi connectivity index (χ0n) is 14.2. The molecular formula is C21H15ClN4O. The highest BCUT2D eigenvalue weighted by atomic mass is 35.5. The van der Waals surface area contributed by atoms with Crippen molar-refractivity contribution < 1.29 is 4.79 Å². The Morgan fingerprint density at radius 2 is 1.74 bits per heavy atom. The molecule has 132 valence electrons. The maximum absolute atomic E-state index is 12.7. The molecule has 2 heterocycles. The van der Waals surface area contributed by atoms with Crippen LogP contribution in [0.3, 0.4) is 0 Å². The predicted molar refractivity (Wildman–Crippen MR) is 109 cm³/mol. The van der Waals surface area contributed by atoms with E-state index in [1.807, 2.05) is 48.5 Å². The number of para-hydroxylation sites is 2. The van der Waals surface area contributed by atoms with E-state index in [1.54, 1.807) is 24.5 Å². The summed E-state index contributed by atoms with van der Waals surface area (Å²) in [6, 6.07) is 18.6. The van der Waals surface area contributed by atoms with Crippen molar-refractivity contribution in [2.24, 2.45) is 0 Å². The van der Waals surface area contributed by atoms with Crippen molar-refractivity contribution in [1.29, 1.82) is 0 Å². The van der Waals surface area contributed by atoms with Crippen molar-refractivity contribution in [3.05, 3.63) is 89.8 Å². The fraction of sp³-hybridized carbons (Fsp3) is 0. The first-order valence-electron chi connectivity index (χ1n) is 8.32. The van der Waals surface area contributed by atoms with Gasteiger partial charge < -0.3 is 10.6 Å². The first-order chi connectivity index (χ1) is 13.2. The van der Waals surface area contributed by atoms with Crippen molar-refractivity contribution in [3.8, 4) is 0 Å². The topological polar surface area (TPSA) is 66.9 Å². The first kappa shape index (κ1) is 17.0. The predicted octanol–water partition coefficient (Wildman–Crippen LogP) is 5.28. The molecule has 27 heavy (non-hydrogen) atoms. The number of nitrogens with zero attached hydrogens (tertiary/aromatic N) is 2. The van der Waals surface area contributed by atoms with Crippen molar-refractivity contribution in [1.82, 2.24) is 9.97 Å². The summed E-state index contributed by atoms with van der Waals surface area (Å²) < 4.78 is 0. The van der Waals surface area contributed by atoms with E-state index in [0.717, 1.165) is 16.6 Å². The maximum atomic E-state index is 12.7. The van der Waals surface area contributed by atoms with Crippen LogP contribution in [0.25, 0.3) is 10.9 Å². The van der Waals surface area contributed by atoms with Gasteiger partial charge in [0.2, 0.25) is 0 Å². The van der Waals surface area contributed by atoms with Crippen LogP contribution in [-0.2, 0) is 0 Å². The first-order valence-corrected chi connectivity index (χ1v) is 8.70. The second kappa shape index (κ2) is 7.43. The molecule has 2 aromatic carbocycles. The highest BCUT2D eigenvalue weighted by Gasteiger charge is 2.11. The van der Waals surface area contributed by atoms with Gasteiger partial charge in [-0.2, -0.15) is 0 Å². The molecule has 0 aliphatic heterocycles. The molecule has 4 aromatic rings. The third-order valence-corrected chi connectivity index (χ3v) is 4.36. The van der Waals surface area contributed by atoms with Crippen molar-refractivity contribution >= 4 is 45.5 Å². The number of fused-ring (bicyclic) bond motifs is 1. The molecule has 0 bridgehead atoms. The van der Waals surface area contributed by atoms with Crippen molar-refractivity contribution in [2.45, 2.75) is 0 Å². The molecule has 6 heteroatoms. The molecule has 1 amide bonds. The maximum Gasteiger partial charge on any atom is 0.257 e. The molecule has 0 saturated heterocycles. The average molecular weight is 375 g/mol. The molecule has 0 unspecified atom stereocenters. The molecule has 0 radical (unpaired) electrons. The van der Waals surface area contributed by atoms with Gasteiger partial charge in [0, 0.05) is 17.8 Å². The minimum Gasteiger partial charge on any atom is -0.353 e. The second-order valence-electron chi connectivity index (χ2n) is 5.90. The van der Waals surface area contributed by atoms with Gasteiger partial charge in [0.25, 0.3) is 5.91 Å². The Kier molecular flexibility index (Phi) is 4.68. The molecule has 0 aliphatic carbocycles. The monoisotopic (exact) mass is 374 g/mol. The van der Waals surface area contributed by atoms with E-state index in [9.17, 15) is 4.79 Å². The van der Waals surface area contributed by atoms with Gasteiger partial charge in [-0.15, -0.1) is 0 Å². The number of benzene rings is 2. The minimum absolute atomic E-state index is 0.261. The Balaban J connectivity index is 1.58. The fourth-order valence-corrected chi connectivity index (χ4v) is 2.93. The van der Waals surface area contributed by atoms with Crippen molar-refractivity contribution in [3.63, 3.8) is 0 Å². The summed E-state index contributed by atoms with van der Waals surface area (Å²) in [7, 11) is 0. The lowest BCUT2D eigenvalue weighted by atomic mass is 10.1. The Morgan fingerprint density at radius 1 is 0.926 bits per heavy atom. The molecule has 0 atom stereocenters. The van der Waals surface area contributed by atoms with Gasteiger partial charge in [0.15, 0.2) is 0 Å². The molecule has 0 fully saturated rings. The molecular weight excluding hydrogens is 360 g/mol. The van der Waals surface area contributed by atoms with Gasteiger partial charge in [-0.3, -0.25) is 14.8 Å². The lowest BCUT2D eigenvalue weighted by Crippen LogP contribution is -2.13. The zero-order valence-corrected chi connectivity index (χ0v) is 14.9. The largest absolute Gasteiger partial charge is 0.353 e. The van der Waals surface area contributed by atoms with Crippen LogP contribution >= 0.6 is 11.6 Å². The summed E-state index contributed by atoms with van der Waals surface area (Å²) in [6.45, 7) is 0. The van der Waals surface area contributed by atoms with Crippen LogP contribution in [0, 0.1) is 0 Å². The van der Waals surface area contributed by atoms with Crippen LogP contribution in [0.5, 0.6) is 0 Å². The number of anilines is 3. The average Bonchev–Trinajstić information content (AvgIpc) is 2.70. The number of nitrogens with one attached hydrogen (secondary N) is 2. The number of aromatic nitrogens is 2. The van der Waals surface area contributed by atoms with Gasteiger partial charge in [-0.05, 0) is 30.3 Å². The van der Waals surface area contributed by atoms with E-state index in [2.05, 4.69) is 20.6 Å². The third-order valence-electron chi connectivity index (χ3n) is 4.03. The van der Waals surface area contributed by atoms with E-state index < -0.39 is 0 Å². The van der Waals surface area contributed by atoms with Crippen LogP contribution in [0.1, 0.15) is 10.4 Å². The highest BCUT2D eigenvalue weighted by molar-refractivity contribution is 6.33. The number of amides is 1. The number of hydrogen-bond acceptors (Lipinski definition) is 4. The SMILES string of the molecule is O=C(Nc1cccc2cccnc12)c1cncc(Nc2ccccc2Cl)c1. The second-order valence-corrected chi connectivity index (χ2v) is 6.31. The number of carbonyl (C=O) groups excluding carboxylic acids is 1. The van der Waals surface area contributed by atoms with Gasteiger partial charge in [0.05, 0.1) is 39.4 Å². The van der Waals surface area contributed by atoms with E-state index in [0.29, 0.717) is 22.0 Å². The highest BCUT2D eigenvalue weighted by Crippen LogP contribution is 2.25.